The highest BCUT2D eigenvalue weighted by atomic mass is 15.2. The summed E-state index contributed by atoms with van der Waals surface area (Å²) in [4.78, 5) is 5.04. The number of para-hydroxylation sites is 2. The maximum Gasteiger partial charge on any atom is 0.127 e. The van der Waals surface area contributed by atoms with E-state index in [0.29, 0.717) is 0 Å². The van der Waals surface area contributed by atoms with Crippen molar-refractivity contribution in [2.75, 3.05) is 10.6 Å². The Morgan fingerprint density at radius 2 is 1.56 bits per heavy atom. The summed E-state index contributed by atoms with van der Waals surface area (Å²) in [6.45, 7) is 2.86. The van der Waals surface area contributed by atoms with Crippen molar-refractivity contribution in [3.63, 3.8) is 0 Å². The molecule has 3 nitrogen and oxygen atoms in total. The van der Waals surface area contributed by atoms with Crippen LogP contribution in [0, 0.1) is 6.92 Å². The van der Waals surface area contributed by atoms with Gasteiger partial charge in [-0.3, -0.25) is 4.99 Å². The highest BCUT2D eigenvalue weighted by Crippen LogP contribution is 2.38. The molecule has 0 aromatic heterocycles. The first-order chi connectivity index (χ1) is 12.3. The number of benzene rings is 2. The second-order valence-corrected chi connectivity index (χ2v) is 7.44. The van der Waals surface area contributed by atoms with Gasteiger partial charge < -0.3 is 10.6 Å². The summed E-state index contributed by atoms with van der Waals surface area (Å²) in [5.41, 5.74) is 4.87. The molecule has 1 fully saturated rings. The Hall–Kier alpha value is -2.29. The largest absolute Gasteiger partial charge is 0.371 e. The van der Waals surface area contributed by atoms with Crippen LogP contribution >= 0.6 is 0 Å². The predicted octanol–water partition coefficient (Wildman–Crippen LogP) is 5.52. The van der Waals surface area contributed by atoms with E-state index in [2.05, 4.69) is 66.1 Å². The van der Waals surface area contributed by atoms with Crippen molar-refractivity contribution in [1.82, 2.24) is 0 Å². The third-order valence-corrected chi connectivity index (χ3v) is 5.50. The number of nitrogens with zero attached hydrogens (tertiary/aromatic N) is 1. The zero-order valence-electron chi connectivity index (χ0n) is 15.0. The number of aliphatic imine (C=N–C) groups is 1. The Balaban J connectivity index is 1.66. The van der Waals surface area contributed by atoms with Crippen LogP contribution in [0.1, 0.15) is 49.7 Å². The van der Waals surface area contributed by atoms with Gasteiger partial charge in [0.25, 0.3) is 0 Å². The second-order valence-electron chi connectivity index (χ2n) is 7.44. The molecule has 1 aliphatic carbocycles. The molecule has 0 amide bonds. The van der Waals surface area contributed by atoms with E-state index in [0.717, 1.165) is 30.9 Å². The van der Waals surface area contributed by atoms with Crippen molar-refractivity contribution in [3.8, 4) is 0 Å². The minimum absolute atomic E-state index is 0.0322. The zero-order chi connectivity index (χ0) is 17.1. The van der Waals surface area contributed by atoms with Crippen LogP contribution in [0.3, 0.4) is 0 Å². The molecule has 0 bridgehead atoms. The average Bonchev–Trinajstić information content (AvgIpc) is 2.87. The van der Waals surface area contributed by atoms with Gasteiger partial charge in [0.05, 0.1) is 23.5 Å². The summed E-state index contributed by atoms with van der Waals surface area (Å²) in [7, 11) is 0. The third-order valence-electron chi connectivity index (χ3n) is 5.50. The molecular weight excluding hydrogens is 306 g/mol. The Morgan fingerprint density at radius 1 is 0.880 bits per heavy atom. The number of aryl methyl sites for hydroxylation is 1. The molecule has 25 heavy (non-hydrogen) atoms. The molecule has 3 heteroatoms. The normalized spacial score (nSPS) is 20.4. The van der Waals surface area contributed by atoms with E-state index >= 15 is 0 Å². The number of anilines is 2. The molecule has 1 saturated carbocycles. The lowest BCUT2D eigenvalue weighted by molar-refractivity contribution is 0.524. The summed E-state index contributed by atoms with van der Waals surface area (Å²) in [5, 5.41) is 7.51. The third kappa shape index (κ3) is 3.41. The molecule has 0 unspecified atom stereocenters. The number of hydrogen-bond acceptors (Lipinski definition) is 2. The molecule has 0 radical (unpaired) electrons. The van der Waals surface area contributed by atoms with Gasteiger partial charge >= 0.3 is 0 Å². The topological polar surface area (TPSA) is 36.4 Å². The maximum absolute atomic E-state index is 5.04. The number of nitrogens with one attached hydrogen (secondary N) is 2. The predicted molar refractivity (Wildman–Crippen MR) is 106 cm³/mol. The SMILES string of the molecule is Cc1ccc(CN=C2Nc3ccccc3NC23CCCCCC3)cc1. The van der Waals surface area contributed by atoms with E-state index in [1.165, 1.54) is 42.5 Å². The molecule has 1 aliphatic heterocycles. The van der Waals surface area contributed by atoms with E-state index in [1.807, 2.05) is 0 Å². The average molecular weight is 333 g/mol. The molecule has 2 N–H and O–H groups in total. The number of amidine groups is 1. The van der Waals surface area contributed by atoms with E-state index < -0.39 is 0 Å². The smallest absolute Gasteiger partial charge is 0.127 e. The fourth-order valence-electron chi connectivity index (χ4n) is 4.01. The van der Waals surface area contributed by atoms with E-state index in [9.17, 15) is 0 Å². The molecular formula is C22H27N3. The van der Waals surface area contributed by atoms with Gasteiger partial charge in [-0.25, -0.2) is 0 Å². The first-order valence-corrected chi connectivity index (χ1v) is 9.50. The van der Waals surface area contributed by atoms with Crippen LogP contribution in [0.4, 0.5) is 11.4 Å². The van der Waals surface area contributed by atoms with Crippen molar-refractivity contribution >= 4 is 17.2 Å². The first-order valence-electron chi connectivity index (χ1n) is 9.50. The van der Waals surface area contributed by atoms with Crippen molar-refractivity contribution in [2.24, 2.45) is 4.99 Å². The highest BCUT2D eigenvalue weighted by Gasteiger charge is 2.39. The molecule has 2 aliphatic rings. The van der Waals surface area contributed by atoms with Gasteiger partial charge in [0, 0.05) is 0 Å². The van der Waals surface area contributed by atoms with Crippen molar-refractivity contribution in [3.05, 3.63) is 59.7 Å². The minimum atomic E-state index is -0.0322. The standard InChI is InChI=1S/C22H27N3/c1-17-10-12-18(13-11-17)16-23-21-22(14-6-2-3-7-15-22)25-20-9-5-4-8-19(20)24-21/h4-5,8-13,25H,2-3,6-7,14-16H2,1H3,(H,23,24). The Kier molecular flexibility index (Phi) is 4.48. The van der Waals surface area contributed by atoms with Crippen LogP contribution in [0.15, 0.2) is 53.5 Å². The minimum Gasteiger partial charge on any atom is -0.371 e. The van der Waals surface area contributed by atoms with Crippen LogP contribution in [-0.2, 0) is 6.54 Å². The Morgan fingerprint density at radius 3 is 2.28 bits per heavy atom. The molecule has 1 heterocycles. The van der Waals surface area contributed by atoms with Gasteiger partial charge in [0.1, 0.15) is 5.84 Å². The molecule has 0 atom stereocenters. The Labute approximate surface area is 150 Å². The van der Waals surface area contributed by atoms with Crippen LogP contribution in [0.5, 0.6) is 0 Å². The lowest BCUT2D eigenvalue weighted by atomic mass is 9.86. The number of rotatable bonds is 2. The lowest BCUT2D eigenvalue weighted by Crippen LogP contribution is -2.52. The van der Waals surface area contributed by atoms with Crippen molar-refractivity contribution < 1.29 is 0 Å². The summed E-state index contributed by atoms with van der Waals surface area (Å²) in [6.07, 6.45) is 7.50. The Bertz CT molecular complexity index is 753. The van der Waals surface area contributed by atoms with Gasteiger partial charge in [0.2, 0.25) is 0 Å². The summed E-state index contributed by atoms with van der Waals surface area (Å²) in [5.74, 6) is 1.12. The van der Waals surface area contributed by atoms with Crippen LogP contribution < -0.4 is 10.6 Å². The van der Waals surface area contributed by atoms with Gasteiger partial charge in [-0.1, -0.05) is 67.6 Å². The van der Waals surface area contributed by atoms with E-state index in [-0.39, 0.29) is 5.54 Å². The molecule has 0 saturated heterocycles. The fraction of sp³-hybridized carbons (Fsp3) is 0.409. The highest BCUT2D eigenvalue weighted by molar-refractivity contribution is 6.09. The van der Waals surface area contributed by atoms with E-state index in [4.69, 9.17) is 4.99 Å². The van der Waals surface area contributed by atoms with Gasteiger partial charge in [0.15, 0.2) is 0 Å². The van der Waals surface area contributed by atoms with Gasteiger partial charge in [-0.05, 0) is 37.5 Å². The van der Waals surface area contributed by atoms with Gasteiger partial charge in [-0.2, -0.15) is 0 Å². The molecule has 1 spiro atoms. The quantitative estimate of drug-likeness (QED) is 0.758. The van der Waals surface area contributed by atoms with Gasteiger partial charge in [-0.15, -0.1) is 0 Å². The molecule has 130 valence electrons. The number of fused-ring (bicyclic) bond motifs is 1. The zero-order valence-corrected chi connectivity index (χ0v) is 15.0. The summed E-state index contributed by atoms with van der Waals surface area (Å²) >= 11 is 0. The molecule has 2 aromatic rings. The molecule has 4 rings (SSSR count). The summed E-state index contributed by atoms with van der Waals surface area (Å²) < 4.78 is 0. The molecule has 2 aromatic carbocycles. The number of hydrogen-bond donors (Lipinski definition) is 2. The van der Waals surface area contributed by atoms with E-state index in [1.54, 1.807) is 0 Å². The second kappa shape index (κ2) is 6.91. The van der Waals surface area contributed by atoms with Crippen LogP contribution in [0.25, 0.3) is 0 Å². The van der Waals surface area contributed by atoms with Crippen molar-refractivity contribution in [1.29, 1.82) is 0 Å². The summed E-state index contributed by atoms with van der Waals surface area (Å²) in [6, 6.07) is 17.2. The van der Waals surface area contributed by atoms with Crippen molar-refractivity contribution in [2.45, 2.75) is 57.5 Å². The van der Waals surface area contributed by atoms with Crippen LogP contribution in [-0.4, -0.2) is 11.4 Å². The van der Waals surface area contributed by atoms with Crippen LogP contribution in [0.2, 0.25) is 0 Å². The monoisotopic (exact) mass is 333 g/mol. The first kappa shape index (κ1) is 16.2. The fourth-order valence-corrected chi connectivity index (χ4v) is 4.01. The lowest BCUT2D eigenvalue weighted by Gasteiger charge is -2.41. The maximum atomic E-state index is 5.04.